The van der Waals surface area contributed by atoms with Gasteiger partial charge in [-0.3, -0.25) is 0 Å². The molecule has 1 unspecified atom stereocenters. The predicted octanol–water partition coefficient (Wildman–Crippen LogP) is 3.88. The summed E-state index contributed by atoms with van der Waals surface area (Å²) in [7, 11) is 8.45. The Morgan fingerprint density at radius 2 is 2.00 bits per heavy atom. The summed E-state index contributed by atoms with van der Waals surface area (Å²) in [6.45, 7) is 3.94. The maximum absolute atomic E-state index is 6.33. The van der Waals surface area contributed by atoms with E-state index >= 15 is 0 Å². The Bertz CT molecular complexity index is 753. The highest BCUT2D eigenvalue weighted by atomic mass is 35.5. The molecule has 0 aliphatic carbocycles. The molecule has 1 aliphatic heterocycles. The Hall–Kier alpha value is -1.56. The molecule has 0 N–H and O–H groups in total. The van der Waals surface area contributed by atoms with Crippen LogP contribution in [0.15, 0.2) is 30.6 Å². The number of likely N-dealkylation sites (tertiary alicyclic amines) is 1. The Labute approximate surface area is 174 Å². The number of halogens is 1. The molecule has 2 aromatic rings. The number of rotatable bonds is 8. The fourth-order valence-corrected chi connectivity index (χ4v) is 4.26. The Morgan fingerprint density at radius 3 is 2.64 bits per heavy atom. The Kier molecular flexibility index (Phi) is 7.38. The van der Waals surface area contributed by atoms with Crippen molar-refractivity contribution in [2.75, 3.05) is 47.4 Å². The van der Waals surface area contributed by atoms with Crippen molar-refractivity contribution < 1.29 is 4.74 Å². The van der Waals surface area contributed by atoms with Gasteiger partial charge in [-0.25, -0.2) is 4.98 Å². The molecule has 154 valence electrons. The van der Waals surface area contributed by atoms with Crippen LogP contribution in [0, 0.1) is 5.92 Å². The first kappa shape index (κ1) is 21.2. The van der Waals surface area contributed by atoms with Crippen LogP contribution >= 0.6 is 11.6 Å². The Morgan fingerprint density at radius 1 is 1.25 bits per heavy atom. The second kappa shape index (κ2) is 9.77. The highest BCUT2D eigenvalue weighted by molar-refractivity contribution is 6.30. The van der Waals surface area contributed by atoms with Gasteiger partial charge in [0.15, 0.2) is 0 Å². The molecule has 0 radical (unpaired) electrons. The van der Waals surface area contributed by atoms with Crippen LogP contribution in [0.3, 0.4) is 0 Å². The molecule has 0 spiro atoms. The van der Waals surface area contributed by atoms with Gasteiger partial charge in [-0.2, -0.15) is 0 Å². The third-order valence-corrected chi connectivity index (χ3v) is 5.92. The first-order chi connectivity index (χ1) is 13.5. The lowest BCUT2D eigenvalue weighted by molar-refractivity contribution is 0.201. The summed E-state index contributed by atoms with van der Waals surface area (Å²) in [6.07, 6.45) is 7.24. The average molecular weight is 405 g/mol. The second-order valence-electron chi connectivity index (χ2n) is 8.20. The van der Waals surface area contributed by atoms with E-state index in [9.17, 15) is 0 Å². The molecule has 1 saturated heterocycles. The van der Waals surface area contributed by atoms with E-state index in [1.54, 1.807) is 0 Å². The van der Waals surface area contributed by atoms with Crippen molar-refractivity contribution in [3.63, 3.8) is 0 Å². The smallest absolute Gasteiger partial charge is 0.124 e. The number of hydrogen-bond acceptors (Lipinski definition) is 4. The summed E-state index contributed by atoms with van der Waals surface area (Å²) in [5.74, 6) is 2.77. The van der Waals surface area contributed by atoms with E-state index in [-0.39, 0.29) is 5.92 Å². The molecule has 6 heteroatoms. The Balaban J connectivity index is 1.90. The van der Waals surface area contributed by atoms with Gasteiger partial charge in [-0.1, -0.05) is 17.7 Å². The van der Waals surface area contributed by atoms with Crippen LogP contribution < -0.4 is 4.74 Å². The zero-order valence-corrected chi connectivity index (χ0v) is 18.3. The average Bonchev–Trinajstić information content (AvgIpc) is 3.07. The molecule has 1 aromatic heterocycles. The predicted molar refractivity (Wildman–Crippen MR) is 115 cm³/mol. The minimum Gasteiger partial charge on any atom is -0.493 e. The van der Waals surface area contributed by atoms with E-state index in [2.05, 4.69) is 48.6 Å². The maximum atomic E-state index is 6.33. The van der Waals surface area contributed by atoms with Crippen molar-refractivity contribution in [3.05, 3.63) is 47.0 Å². The van der Waals surface area contributed by atoms with Gasteiger partial charge in [0.2, 0.25) is 0 Å². The quantitative estimate of drug-likeness (QED) is 0.625. The van der Waals surface area contributed by atoms with E-state index in [4.69, 9.17) is 21.3 Å². The van der Waals surface area contributed by atoms with Crippen molar-refractivity contribution in [1.29, 1.82) is 0 Å². The number of ether oxygens (including phenoxy) is 1. The molecule has 1 aliphatic rings. The first-order valence-electron chi connectivity index (χ1n) is 10.2. The van der Waals surface area contributed by atoms with E-state index in [0.717, 1.165) is 50.5 Å². The van der Waals surface area contributed by atoms with Crippen LogP contribution in [0.1, 0.15) is 36.6 Å². The van der Waals surface area contributed by atoms with E-state index in [0.29, 0.717) is 17.5 Å². The number of nitrogens with zero attached hydrogens (tertiary/aromatic N) is 4. The number of imidazole rings is 1. The van der Waals surface area contributed by atoms with Crippen LogP contribution in [-0.4, -0.2) is 66.7 Å². The van der Waals surface area contributed by atoms with Gasteiger partial charge >= 0.3 is 0 Å². The van der Waals surface area contributed by atoms with Crippen LogP contribution in [0.25, 0.3) is 0 Å². The summed E-state index contributed by atoms with van der Waals surface area (Å²) >= 11 is 6.33. The van der Waals surface area contributed by atoms with Gasteiger partial charge in [0.1, 0.15) is 11.6 Å². The van der Waals surface area contributed by atoms with Crippen LogP contribution in [0.5, 0.6) is 5.75 Å². The van der Waals surface area contributed by atoms with Crippen LogP contribution in [0.4, 0.5) is 0 Å². The summed E-state index contributed by atoms with van der Waals surface area (Å²) in [6, 6.07) is 6.09. The van der Waals surface area contributed by atoms with Crippen LogP contribution in [0.2, 0.25) is 5.02 Å². The molecular weight excluding hydrogens is 372 g/mol. The molecular formula is C22H33ClN4O. The van der Waals surface area contributed by atoms with Gasteiger partial charge in [0.25, 0.3) is 0 Å². The lowest BCUT2D eigenvalue weighted by Crippen LogP contribution is -2.33. The fourth-order valence-electron chi connectivity index (χ4n) is 4.10. The molecule has 5 nitrogen and oxygen atoms in total. The summed E-state index contributed by atoms with van der Waals surface area (Å²) in [4.78, 5) is 9.31. The third-order valence-electron chi connectivity index (χ3n) is 5.69. The van der Waals surface area contributed by atoms with Crippen molar-refractivity contribution in [2.45, 2.75) is 25.2 Å². The molecule has 0 amide bonds. The minimum absolute atomic E-state index is 0.217. The zero-order chi connectivity index (χ0) is 20.1. The van der Waals surface area contributed by atoms with Crippen molar-refractivity contribution in [2.24, 2.45) is 13.0 Å². The van der Waals surface area contributed by atoms with Gasteiger partial charge in [0, 0.05) is 42.5 Å². The topological polar surface area (TPSA) is 33.5 Å². The van der Waals surface area contributed by atoms with E-state index in [1.807, 2.05) is 24.5 Å². The monoisotopic (exact) mass is 404 g/mol. The first-order valence-corrected chi connectivity index (χ1v) is 10.6. The molecule has 2 heterocycles. The molecule has 1 atom stereocenters. The largest absolute Gasteiger partial charge is 0.493 e. The number of aromatic nitrogens is 2. The number of piperidine rings is 1. The SMILES string of the molecule is CN(C)CCCOc1cc(Cl)ccc1C(c1nccn1C)C1CCN(C)CC1. The fraction of sp³-hybridized carbons (Fsp3) is 0.591. The van der Waals surface area contributed by atoms with Crippen molar-refractivity contribution in [3.8, 4) is 5.75 Å². The lowest BCUT2D eigenvalue weighted by Gasteiger charge is -2.35. The van der Waals surface area contributed by atoms with E-state index < -0.39 is 0 Å². The molecule has 0 bridgehead atoms. The summed E-state index contributed by atoms with van der Waals surface area (Å²) in [5.41, 5.74) is 1.21. The lowest BCUT2D eigenvalue weighted by atomic mass is 9.79. The molecule has 1 fully saturated rings. The summed E-state index contributed by atoms with van der Waals surface area (Å²) < 4.78 is 8.39. The number of aryl methyl sites for hydroxylation is 1. The van der Waals surface area contributed by atoms with Gasteiger partial charge in [-0.15, -0.1) is 0 Å². The second-order valence-corrected chi connectivity index (χ2v) is 8.64. The zero-order valence-electron chi connectivity index (χ0n) is 17.6. The number of benzene rings is 1. The number of hydrogen-bond donors (Lipinski definition) is 0. The standard InChI is InChI=1S/C22H33ClN4O/c1-25(2)11-5-15-28-20-16-18(23)6-7-19(20)21(22-24-10-14-27(22)4)17-8-12-26(3)13-9-17/h6-7,10,14,16-17,21H,5,8-9,11-13,15H2,1-4H3. The van der Waals surface area contributed by atoms with Gasteiger partial charge in [-0.05, 0) is 71.5 Å². The van der Waals surface area contributed by atoms with Crippen molar-refractivity contribution in [1.82, 2.24) is 19.4 Å². The van der Waals surface area contributed by atoms with E-state index in [1.165, 1.54) is 5.56 Å². The van der Waals surface area contributed by atoms with Gasteiger partial charge in [0.05, 0.1) is 6.61 Å². The van der Waals surface area contributed by atoms with Crippen LogP contribution in [-0.2, 0) is 7.05 Å². The highest BCUT2D eigenvalue weighted by Crippen LogP contribution is 2.41. The molecule has 1 aromatic carbocycles. The van der Waals surface area contributed by atoms with Gasteiger partial charge < -0.3 is 19.1 Å². The maximum Gasteiger partial charge on any atom is 0.124 e. The molecule has 0 saturated carbocycles. The molecule has 3 rings (SSSR count). The minimum atomic E-state index is 0.217. The third kappa shape index (κ3) is 5.28. The summed E-state index contributed by atoms with van der Waals surface area (Å²) in [5, 5.41) is 0.716. The van der Waals surface area contributed by atoms with Crippen molar-refractivity contribution >= 4 is 11.6 Å². The molecule has 28 heavy (non-hydrogen) atoms. The normalized spacial score (nSPS) is 17.2. The highest BCUT2D eigenvalue weighted by Gasteiger charge is 2.32.